The third kappa shape index (κ3) is 8.18. The van der Waals surface area contributed by atoms with Gasteiger partial charge in [0.1, 0.15) is 5.75 Å². The zero-order chi connectivity index (χ0) is 26.7. The van der Waals surface area contributed by atoms with Crippen LogP contribution in [0.5, 0.6) is 5.75 Å². The summed E-state index contributed by atoms with van der Waals surface area (Å²) in [4.78, 5) is 31.1. The van der Waals surface area contributed by atoms with Crippen LogP contribution < -0.4 is 10.1 Å². The van der Waals surface area contributed by atoms with Crippen LogP contribution >= 0.6 is 0 Å². The quantitative estimate of drug-likeness (QED) is 0.326. The van der Waals surface area contributed by atoms with Gasteiger partial charge in [0.15, 0.2) is 12.4 Å². The van der Waals surface area contributed by atoms with Crippen LogP contribution in [0.1, 0.15) is 62.8 Å². The Bertz CT molecular complexity index is 1040. The molecule has 2 heterocycles. The fourth-order valence-corrected chi connectivity index (χ4v) is 5.21. The molecular weight excluding hydrogens is 486 g/mol. The largest absolute Gasteiger partial charge is 0.494 e. The number of aryl methyl sites for hydroxylation is 1. The third-order valence-electron chi connectivity index (χ3n) is 7.37. The molecule has 2 fully saturated rings. The molecule has 1 aliphatic carbocycles. The van der Waals surface area contributed by atoms with E-state index < -0.39 is 0 Å². The molecule has 0 radical (unpaired) electrons. The predicted molar refractivity (Wildman–Crippen MR) is 142 cm³/mol. The smallest absolute Gasteiger partial charge is 0.309 e. The van der Waals surface area contributed by atoms with Gasteiger partial charge in [-0.15, -0.1) is 0 Å². The van der Waals surface area contributed by atoms with Gasteiger partial charge in [-0.1, -0.05) is 18.6 Å². The van der Waals surface area contributed by atoms with E-state index in [9.17, 15) is 9.59 Å². The minimum atomic E-state index is -0.257. The highest BCUT2D eigenvalue weighted by molar-refractivity contribution is 5.75. The van der Waals surface area contributed by atoms with Crippen LogP contribution in [0.2, 0.25) is 0 Å². The van der Waals surface area contributed by atoms with Crippen molar-refractivity contribution in [2.24, 2.45) is 18.9 Å². The number of hydrogen-bond donors (Lipinski definition) is 1. The first-order chi connectivity index (χ1) is 18.5. The lowest BCUT2D eigenvalue weighted by Crippen LogP contribution is -2.29. The molecule has 0 atom stereocenters. The normalized spacial score (nSPS) is 20.1. The van der Waals surface area contributed by atoms with Crippen molar-refractivity contribution in [3.05, 3.63) is 35.7 Å². The number of methoxy groups -OCH3 is 1. The molecule has 1 aliphatic heterocycles. The fourth-order valence-electron chi connectivity index (χ4n) is 5.21. The average molecular weight is 528 g/mol. The van der Waals surface area contributed by atoms with Gasteiger partial charge in [-0.05, 0) is 75.7 Å². The lowest BCUT2D eigenvalue weighted by atomic mass is 9.82. The minimum absolute atomic E-state index is 0.0299. The van der Waals surface area contributed by atoms with Crippen LogP contribution in [-0.2, 0) is 39.3 Å². The second-order valence-corrected chi connectivity index (χ2v) is 10.3. The van der Waals surface area contributed by atoms with Crippen LogP contribution in [0.3, 0.4) is 0 Å². The summed E-state index contributed by atoms with van der Waals surface area (Å²) in [5.74, 6) is 1.22. The van der Waals surface area contributed by atoms with E-state index in [1.165, 1.54) is 45.0 Å². The van der Waals surface area contributed by atoms with Crippen LogP contribution in [0.4, 0.5) is 5.95 Å². The summed E-state index contributed by atoms with van der Waals surface area (Å²) in [6, 6.07) is 8.38. The number of piperidine rings is 1. The first-order valence-corrected chi connectivity index (χ1v) is 13.8. The van der Waals surface area contributed by atoms with Crippen molar-refractivity contribution in [1.82, 2.24) is 19.7 Å². The summed E-state index contributed by atoms with van der Waals surface area (Å²) in [5.41, 5.74) is 1.30. The Balaban J connectivity index is 1.13. The second-order valence-electron chi connectivity index (χ2n) is 10.3. The van der Waals surface area contributed by atoms with Crippen molar-refractivity contribution in [3.63, 3.8) is 0 Å². The molecule has 1 N–H and O–H groups in total. The molecule has 0 unspecified atom stereocenters. The van der Waals surface area contributed by atoms with E-state index in [-0.39, 0.29) is 30.4 Å². The van der Waals surface area contributed by atoms with Crippen molar-refractivity contribution < 1.29 is 23.8 Å². The summed E-state index contributed by atoms with van der Waals surface area (Å²) < 4.78 is 17.9. The summed E-state index contributed by atoms with van der Waals surface area (Å²) in [5, 5.41) is 7.62. The predicted octanol–water partition coefficient (Wildman–Crippen LogP) is 3.70. The van der Waals surface area contributed by atoms with Crippen LogP contribution in [0.25, 0.3) is 0 Å². The number of rotatable bonds is 12. The standard InChI is InChI=1S/C28H41N5O5/c1-32-28(30-25(31-32)20-38-27(35)23-12-10-22(11-13-23)26(34)36-2)29-14-7-17-37-24-9-6-8-21(18-24)19-33-15-4-3-5-16-33/h6,8-9,18,22-23H,3-5,7,10-17,19-20H2,1-2H3,(H,29,30,31). The lowest BCUT2D eigenvalue weighted by molar-refractivity contribution is -0.154. The summed E-state index contributed by atoms with van der Waals surface area (Å²) in [6.45, 7) is 4.66. The number of aromatic nitrogens is 3. The molecule has 1 saturated heterocycles. The van der Waals surface area contributed by atoms with Crippen molar-refractivity contribution >= 4 is 17.9 Å². The van der Waals surface area contributed by atoms with Gasteiger partial charge in [-0.3, -0.25) is 14.5 Å². The number of anilines is 1. The zero-order valence-corrected chi connectivity index (χ0v) is 22.7. The molecule has 0 bridgehead atoms. The number of carbonyl (C=O) groups is 2. The summed E-state index contributed by atoms with van der Waals surface area (Å²) >= 11 is 0. The fraction of sp³-hybridized carbons (Fsp3) is 0.643. The second kappa shape index (κ2) is 14.1. The number of benzene rings is 1. The van der Waals surface area contributed by atoms with Crippen molar-refractivity contribution in [1.29, 1.82) is 0 Å². The molecule has 1 aromatic heterocycles. The van der Waals surface area contributed by atoms with Gasteiger partial charge < -0.3 is 19.5 Å². The maximum atomic E-state index is 12.5. The van der Waals surface area contributed by atoms with Crippen LogP contribution in [0.15, 0.2) is 24.3 Å². The minimum Gasteiger partial charge on any atom is -0.494 e. The Hall–Kier alpha value is -3.14. The molecule has 0 spiro atoms. The van der Waals surface area contributed by atoms with Crippen LogP contribution in [-0.4, -0.2) is 65.0 Å². The molecule has 208 valence electrons. The molecule has 4 rings (SSSR count). The lowest BCUT2D eigenvalue weighted by Gasteiger charge is -2.26. The van der Waals surface area contributed by atoms with E-state index in [2.05, 4.69) is 38.5 Å². The van der Waals surface area contributed by atoms with Crippen molar-refractivity contribution in [2.75, 3.05) is 38.7 Å². The van der Waals surface area contributed by atoms with Gasteiger partial charge in [0.25, 0.3) is 0 Å². The molecule has 1 aromatic carbocycles. The highest BCUT2D eigenvalue weighted by atomic mass is 16.5. The van der Waals surface area contributed by atoms with Gasteiger partial charge in [0, 0.05) is 20.1 Å². The van der Waals surface area contributed by atoms with E-state index in [1.54, 1.807) is 11.7 Å². The van der Waals surface area contributed by atoms with E-state index in [0.717, 1.165) is 18.7 Å². The highest BCUT2D eigenvalue weighted by Crippen LogP contribution is 2.30. The highest BCUT2D eigenvalue weighted by Gasteiger charge is 2.31. The monoisotopic (exact) mass is 527 g/mol. The molecule has 10 nitrogen and oxygen atoms in total. The summed E-state index contributed by atoms with van der Waals surface area (Å²) in [6.07, 6.45) is 7.30. The Labute approximate surface area is 225 Å². The molecular formula is C28H41N5O5. The number of likely N-dealkylation sites (tertiary alicyclic amines) is 1. The Morgan fingerprint density at radius 3 is 2.53 bits per heavy atom. The first kappa shape index (κ1) is 27.9. The molecule has 2 aliphatic rings. The number of hydrogen-bond acceptors (Lipinski definition) is 9. The van der Waals surface area contributed by atoms with Crippen molar-refractivity contribution in [3.8, 4) is 5.75 Å². The van der Waals surface area contributed by atoms with Crippen molar-refractivity contribution in [2.45, 2.75) is 64.5 Å². The van der Waals surface area contributed by atoms with Crippen LogP contribution in [0, 0.1) is 11.8 Å². The Morgan fingerprint density at radius 1 is 1.05 bits per heavy atom. The molecule has 38 heavy (non-hydrogen) atoms. The maximum absolute atomic E-state index is 12.5. The van der Waals surface area contributed by atoms with Gasteiger partial charge in [0.2, 0.25) is 5.95 Å². The van der Waals surface area contributed by atoms with E-state index >= 15 is 0 Å². The molecule has 1 saturated carbocycles. The third-order valence-corrected chi connectivity index (χ3v) is 7.37. The van der Waals surface area contributed by atoms with E-state index in [1.807, 2.05) is 6.07 Å². The number of nitrogens with zero attached hydrogens (tertiary/aromatic N) is 4. The zero-order valence-electron chi connectivity index (χ0n) is 22.7. The number of esters is 2. The van der Waals surface area contributed by atoms with Gasteiger partial charge in [-0.2, -0.15) is 10.1 Å². The Morgan fingerprint density at radius 2 is 1.79 bits per heavy atom. The molecule has 2 aromatic rings. The number of nitrogens with one attached hydrogen (secondary N) is 1. The first-order valence-electron chi connectivity index (χ1n) is 13.8. The van der Waals surface area contributed by atoms with Gasteiger partial charge in [0.05, 0.1) is 25.6 Å². The number of ether oxygens (including phenoxy) is 3. The SMILES string of the molecule is COC(=O)C1CCC(C(=O)OCc2nc(NCCCOc3cccc(CN4CCCCC4)c3)n(C)n2)CC1. The van der Waals surface area contributed by atoms with E-state index in [0.29, 0.717) is 50.6 Å². The average Bonchev–Trinajstić information content (AvgIpc) is 3.31. The Kier molecular flexibility index (Phi) is 10.4. The van der Waals surface area contributed by atoms with E-state index in [4.69, 9.17) is 14.2 Å². The molecule has 10 heteroatoms. The number of carbonyl (C=O) groups excluding carboxylic acids is 2. The maximum Gasteiger partial charge on any atom is 0.309 e. The molecule has 0 amide bonds. The summed E-state index contributed by atoms with van der Waals surface area (Å²) in [7, 11) is 3.20. The topological polar surface area (TPSA) is 108 Å². The van der Waals surface area contributed by atoms with Gasteiger partial charge in [-0.25, -0.2) is 4.68 Å². The van der Waals surface area contributed by atoms with Gasteiger partial charge >= 0.3 is 11.9 Å².